The van der Waals surface area contributed by atoms with Gasteiger partial charge < -0.3 is 24.8 Å². The molecule has 8 heteroatoms. The maximum Gasteiger partial charge on any atom is 0.480 e. The van der Waals surface area contributed by atoms with Crippen LogP contribution >= 0.6 is 0 Å². The molecule has 1 heterocycles. The molecule has 0 aromatic heterocycles. The largest absolute Gasteiger partial charge is 0.481 e. The molecule has 124 valence electrons. The number of aliphatic carboxylic acids is 1. The molecule has 0 spiro atoms. The highest BCUT2D eigenvalue weighted by molar-refractivity contribution is 6.45. The number of hydrogen-bond donors (Lipinski definition) is 3. The number of carbonyl (C=O) groups excluding carboxylic acids is 1. The molecule has 0 aromatic carbocycles. The van der Waals surface area contributed by atoms with Gasteiger partial charge in [-0.3, -0.25) is 9.59 Å². The molecule has 1 saturated carbocycles. The summed E-state index contributed by atoms with van der Waals surface area (Å²) in [7, 11) is -1.25. The van der Waals surface area contributed by atoms with Crippen LogP contribution in [0.15, 0.2) is 0 Å². The maximum absolute atomic E-state index is 12.1. The van der Waals surface area contributed by atoms with E-state index in [1.807, 2.05) is 0 Å². The first-order chi connectivity index (χ1) is 10.5. The van der Waals surface area contributed by atoms with Crippen LogP contribution in [0.2, 0.25) is 0 Å². The van der Waals surface area contributed by atoms with Crippen molar-refractivity contribution < 1.29 is 29.1 Å². The minimum Gasteiger partial charge on any atom is -0.481 e. The quantitative estimate of drug-likeness (QED) is 0.633. The van der Waals surface area contributed by atoms with Crippen LogP contribution < -0.4 is 5.32 Å². The minimum absolute atomic E-state index is 0.0956. The first-order valence-corrected chi connectivity index (χ1v) is 7.97. The third-order valence-corrected chi connectivity index (χ3v) is 4.22. The predicted octanol–water partition coefficient (Wildman–Crippen LogP) is 0.351. The summed E-state index contributed by atoms with van der Waals surface area (Å²) < 4.78 is 10.6. The van der Waals surface area contributed by atoms with E-state index in [2.05, 4.69) is 5.32 Å². The summed E-state index contributed by atoms with van der Waals surface area (Å²) in [6.07, 6.45) is 5.27. The van der Waals surface area contributed by atoms with Crippen molar-refractivity contribution in [3.8, 4) is 0 Å². The number of carbonyl (C=O) groups is 2. The number of carboxylic acids is 1. The average molecular weight is 313 g/mol. The Labute approximate surface area is 130 Å². The van der Waals surface area contributed by atoms with Crippen LogP contribution in [-0.2, 0) is 19.0 Å². The second-order valence-corrected chi connectivity index (χ2v) is 6.17. The highest BCUT2D eigenvalue weighted by Gasteiger charge is 2.35. The lowest BCUT2D eigenvalue weighted by atomic mass is 9.78. The van der Waals surface area contributed by atoms with E-state index in [0.717, 1.165) is 12.8 Å². The van der Waals surface area contributed by atoms with Crippen LogP contribution in [0.4, 0.5) is 0 Å². The van der Waals surface area contributed by atoms with Crippen LogP contribution in [0.25, 0.3) is 0 Å². The van der Waals surface area contributed by atoms with E-state index in [4.69, 9.17) is 14.5 Å². The topological polar surface area (TPSA) is 105 Å². The molecule has 2 rings (SSSR count). The number of nitrogens with one attached hydrogen (secondary N) is 1. The summed E-state index contributed by atoms with van der Waals surface area (Å²) in [5.41, 5.74) is 0. The monoisotopic (exact) mass is 313 g/mol. The molecule has 2 aliphatic rings. The van der Waals surface area contributed by atoms with E-state index in [1.54, 1.807) is 0 Å². The van der Waals surface area contributed by atoms with Gasteiger partial charge in [0.05, 0.1) is 31.7 Å². The average Bonchev–Trinajstić information content (AvgIpc) is 2.61. The molecule has 0 unspecified atom stereocenters. The maximum atomic E-state index is 12.1. The van der Waals surface area contributed by atoms with E-state index in [9.17, 15) is 14.6 Å². The highest BCUT2D eigenvalue weighted by Crippen LogP contribution is 2.26. The molecular formula is C14H24BNO6. The smallest absolute Gasteiger partial charge is 0.480 e. The highest BCUT2D eigenvalue weighted by atomic mass is 16.6. The Balaban J connectivity index is 1.78. The van der Waals surface area contributed by atoms with Gasteiger partial charge in [0.1, 0.15) is 0 Å². The molecule has 1 amide bonds. The standard InChI is InChI=1S/C14H24BNO6/c17-13(6-10-4-2-1-3-5-10)16-12-9-21-8-11(7-14(18)19)22-15(12)20/h10-12,20H,1-9H2,(H,16,17)(H,18,19)/t11-,12-/m0/s1. The first-order valence-electron chi connectivity index (χ1n) is 7.97. The lowest BCUT2D eigenvalue weighted by Crippen LogP contribution is -2.50. The Morgan fingerprint density at radius 2 is 1.86 bits per heavy atom. The third kappa shape index (κ3) is 5.59. The van der Waals surface area contributed by atoms with Gasteiger partial charge in [0.2, 0.25) is 5.91 Å². The van der Waals surface area contributed by atoms with Crippen molar-refractivity contribution in [2.45, 2.75) is 57.0 Å². The van der Waals surface area contributed by atoms with Crippen LogP contribution in [0, 0.1) is 5.92 Å². The number of rotatable bonds is 5. The molecule has 1 aliphatic heterocycles. The lowest BCUT2D eigenvalue weighted by molar-refractivity contribution is -0.139. The Morgan fingerprint density at radius 1 is 1.14 bits per heavy atom. The molecule has 0 radical (unpaired) electrons. The van der Waals surface area contributed by atoms with Gasteiger partial charge in [0.15, 0.2) is 0 Å². The van der Waals surface area contributed by atoms with Gasteiger partial charge in [-0.1, -0.05) is 19.3 Å². The predicted molar refractivity (Wildman–Crippen MR) is 79.0 cm³/mol. The summed E-state index contributed by atoms with van der Waals surface area (Å²) in [6, 6.07) is 0. The van der Waals surface area contributed by atoms with Crippen molar-refractivity contribution in [2.75, 3.05) is 13.2 Å². The van der Waals surface area contributed by atoms with Crippen molar-refractivity contribution in [2.24, 2.45) is 5.92 Å². The summed E-state index contributed by atoms with van der Waals surface area (Å²) in [4.78, 5) is 22.7. The van der Waals surface area contributed by atoms with Crippen molar-refractivity contribution in [3.63, 3.8) is 0 Å². The van der Waals surface area contributed by atoms with Crippen LogP contribution in [0.1, 0.15) is 44.9 Å². The van der Waals surface area contributed by atoms with E-state index in [0.29, 0.717) is 12.3 Å². The number of carboxylic acid groups (broad SMARTS) is 1. The van der Waals surface area contributed by atoms with Crippen molar-refractivity contribution in [1.29, 1.82) is 0 Å². The Morgan fingerprint density at radius 3 is 2.55 bits per heavy atom. The Kier molecular flexibility index (Phi) is 6.66. The van der Waals surface area contributed by atoms with Crippen LogP contribution in [-0.4, -0.2) is 54.4 Å². The molecule has 1 aliphatic carbocycles. The Bertz CT molecular complexity index is 388. The van der Waals surface area contributed by atoms with Gasteiger partial charge >= 0.3 is 13.1 Å². The summed E-state index contributed by atoms with van der Waals surface area (Å²) in [5, 5.41) is 21.5. The molecule has 22 heavy (non-hydrogen) atoms. The zero-order chi connectivity index (χ0) is 15.9. The van der Waals surface area contributed by atoms with Crippen molar-refractivity contribution >= 4 is 19.0 Å². The second kappa shape index (κ2) is 8.50. The fourth-order valence-electron chi connectivity index (χ4n) is 3.07. The zero-order valence-electron chi connectivity index (χ0n) is 12.7. The van der Waals surface area contributed by atoms with E-state index >= 15 is 0 Å². The molecule has 2 fully saturated rings. The molecule has 2 atom stereocenters. The first kappa shape index (κ1) is 17.2. The molecule has 3 N–H and O–H groups in total. The van der Waals surface area contributed by atoms with Crippen LogP contribution in [0.5, 0.6) is 0 Å². The molecule has 7 nitrogen and oxygen atoms in total. The summed E-state index contributed by atoms with van der Waals surface area (Å²) in [5.74, 6) is -1.37. The molecular weight excluding hydrogens is 289 g/mol. The van der Waals surface area contributed by atoms with Gasteiger partial charge in [0, 0.05) is 6.42 Å². The lowest BCUT2D eigenvalue weighted by Gasteiger charge is -2.23. The fourth-order valence-corrected chi connectivity index (χ4v) is 3.07. The van der Waals surface area contributed by atoms with E-state index in [1.165, 1.54) is 19.3 Å². The van der Waals surface area contributed by atoms with Gasteiger partial charge in [-0.25, -0.2) is 0 Å². The second-order valence-electron chi connectivity index (χ2n) is 6.17. The molecule has 0 aromatic rings. The normalized spacial score (nSPS) is 27.2. The van der Waals surface area contributed by atoms with Crippen LogP contribution in [0.3, 0.4) is 0 Å². The van der Waals surface area contributed by atoms with Gasteiger partial charge in [-0.05, 0) is 18.8 Å². The Hall–Kier alpha value is -1.12. The molecule has 0 bridgehead atoms. The number of hydrogen-bond acceptors (Lipinski definition) is 5. The van der Waals surface area contributed by atoms with E-state index < -0.39 is 25.1 Å². The summed E-state index contributed by atoms with van der Waals surface area (Å²) in [6.45, 7) is 0.214. The van der Waals surface area contributed by atoms with Gasteiger partial charge in [-0.15, -0.1) is 0 Å². The van der Waals surface area contributed by atoms with E-state index in [-0.39, 0.29) is 25.5 Å². The fraction of sp³-hybridized carbons (Fsp3) is 0.857. The minimum atomic E-state index is -1.25. The summed E-state index contributed by atoms with van der Waals surface area (Å²) >= 11 is 0. The number of amides is 1. The van der Waals surface area contributed by atoms with Gasteiger partial charge in [0.25, 0.3) is 0 Å². The number of ether oxygens (including phenoxy) is 1. The van der Waals surface area contributed by atoms with Crippen molar-refractivity contribution in [1.82, 2.24) is 5.32 Å². The third-order valence-electron chi connectivity index (χ3n) is 4.22. The zero-order valence-corrected chi connectivity index (χ0v) is 12.7. The van der Waals surface area contributed by atoms with Crippen molar-refractivity contribution in [3.05, 3.63) is 0 Å². The van der Waals surface area contributed by atoms with Gasteiger partial charge in [-0.2, -0.15) is 0 Å². The SMILES string of the molecule is O=C(O)C[C@H]1COC[C@H](NC(=O)CC2CCCCC2)B(O)O1. The molecule has 1 saturated heterocycles.